The van der Waals surface area contributed by atoms with Crippen molar-refractivity contribution in [1.29, 1.82) is 0 Å². The van der Waals surface area contributed by atoms with Crippen LogP contribution in [0.2, 0.25) is 0 Å². The van der Waals surface area contributed by atoms with Crippen LogP contribution < -0.4 is 0 Å². The van der Waals surface area contributed by atoms with Crippen molar-refractivity contribution in [1.82, 2.24) is 4.90 Å². The number of morpholine rings is 1. The molecule has 1 heterocycles. The molecule has 1 aromatic rings. The van der Waals surface area contributed by atoms with Gasteiger partial charge in [0, 0.05) is 19.1 Å². The van der Waals surface area contributed by atoms with Crippen molar-refractivity contribution in [2.45, 2.75) is 25.5 Å². The number of carboxylic acids is 1. The zero-order valence-electron chi connectivity index (χ0n) is 10.9. The highest BCUT2D eigenvalue weighted by molar-refractivity contribution is 5.67. The van der Waals surface area contributed by atoms with Crippen molar-refractivity contribution < 1.29 is 19.0 Å². The largest absolute Gasteiger partial charge is 0.481 e. The Labute approximate surface area is 111 Å². The first-order valence-electron chi connectivity index (χ1n) is 6.39. The van der Waals surface area contributed by atoms with E-state index in [1.54, 1.807) is 6.07 Å². The fraction of sp³-hybridized carbons (Fsp3) is 0.500. The van der Waals surface area contributed by atoms with Gasteiger partial charge in [-0.2, -0.15) is 0 Å². The zero-order valence-corrected chi connectivity index (χ0v) is 10.9. The van der Waals surface area contributed by atoms with Gasteiger partial charge in [0.2, 0.25) is 0 Å². The quantitative estimate of drug-likeness (QED) is 0.907. The van der Waals surface area contributed by atoms with Gasteiger partial charge < -0.3 is 9.84 Å². The second-order valence-electron chi connectivity index (χ2n) is 4.82. The van der Waals surface area contributed by atoms with E-state index in [0.29, 0.717) is 13.2 Å². The molecule has 0 radical (unpaired) electrons. The maximum absolute atomic E-state index is 13.2. The summed E-state index contributed by atoms with van der Waals surface area (Å²) in [5.41, 5.74) is 0.899. The van der Waals surface area contributed by atoms with Gasteiger partial charge in [-0.15, -0.1) is 0 Å². The Morgan fingerprint density at radius 1 is 1.63 bits per heavy atom. The van der Waals surface area contributed by atoms with E-state index in [1.165, 1.54) is 12.1 Å². The Kier molecular flexibility index (Phi) is 4.50. The highest BCUT2D eigenvalue weighted by Gasteiger charge is 2.26. The first-order chi connectivity index (χ1) is 9.06. The van der Waals surface area contributed by atoms with Crippen molar-refractivity contribution in [2.24, 2.45) is 0 Å². The highest BCUT2D eigenvalue weighted by Crippen LogP contribution is 2.23. The minimum absolute atomic E-state index is 0.00632. The standard InChI is InChI=1S/C14H18FNO3/c1-10(11-3-2-4-12(15)7-11)16-5-6-19-13(9-16)8-14(17)18/h2-4,7,10,13H,5-6,8-9H2,1H3,(H,17,18). The Hall–Kier alpha value is -1.46. The number of carboxylic acid groups (broad SMARTS) is 1. The molecule has 0 spiro atoms. The van der Waals surface area contributed by atoms with Gasteiger partial charge >= 0.3 is 5.97 Å². The Balaban J connectivity index is 2.02. The van der Waals surface area contributed by atoms with Crippen LogP contribution in [0.4, 0.5) is 4.39 Å². The van der Waals surface area contributed by atoms with E-state index in [9.17, 15) is 9.18 Å². The average Bonchev–Trinajstić information content (AvgIpc) is 2.37. The van der Waals surface area contributed by atoms with Crippen LogP contribution in [0.5, 0.6) is 0 Å². The molecule has 5 heteroatoms. The molecular weight excluding hydrogens is 249 g/mol. The van der Waals surface area contributed by atoms with E-state index in [-0.39, 0.29) is 24.4 Å². The molecule has 2 unspecified atom stereocenters. The summed E-state index contributed by atoms with van der Waals surface area (Å²) in [6.45, 7) is 3.80. The lowest BCUT2D eigenvalue weighted by Gasteiger charge is -2.36. The molecule has 1 N–H and O–H groups in total. The van der Waals surface area contributed by atoms with Gasteiger partial charge in [0.05, 0.1) is 19.1 Å². The van der Waals surface area contributed by atoms with Crippen LogP contribution in [0.25, 0.3) is 0 Å². The SMILES string of the molecule is CC(c1cccc(F)c1)N1CCOC(CC(=O)O)C1. The van der Waals surface area contributed by atoms with Crippen LogP contribution in [0.15, 0.2) is 24.3 Å². The third-order valence-corrected chi connectivity index (χ3v) is 3.45. The molecule has 1 aromatic carbocycles. The number of rotatable bonds is 4. The summed E-state index contributed by atoms with van der Waals surface area (Å²) in [5, 5.41) is 8.80. The predicted octanol–water partition coefficient (Wildman–Crippen LogP) is 2.06. The van der Waals surface area contributed by atoms with Gasteiger partial charge in [0.15, 0.2) is 0 Å². The molecule has 0 aliphatic carbocycles. The second kappa shape index (κ2) is 6.12. The van der Waals surface area contributed by atoms with Gasteiger partial charge in [0.1, 0.15) is 5.82 Å². The van der Waals surface area contributed by atoms with E-state index in [4.69, 9.17) is 9.84 Å². The normalized spacial score (nSPS) is 22.1. The summed E-state index contributed by atoms with van der Waals surface area (Å²) in [5.74, 6) is -1.11. The van der Waals surface area contributed by atoms with Crippen LogP contribution in [-0.2, 0) is 9.53 Å². The topological polar surface area (TPSA) is 49.8 Å². The smallest absolute Gasteiger partial charge is 0.306 e. The lowest BCUT2D eigenvalue weighted by Crippen LogP contribution is -2.44. The molecule has 0 aromatic heterocycles. The van der Waals surface area contributed by atoms with Crippen molar-refractivity contribution in [3.8, 4) is 0 Å². The fourth-order valence-electron chi connectivity index (χ4n) is 2.39. The Morgan fingerprint density at radius 3 is 3.11 bits per heavy atom. The monoisotopic (exact) mass is 267 g/mol. The lowest BCUT2D eigenvalue weighted by atomic mass is 10.1. The van der Waals surface area contributed by atoms with Crippen molar-refractivity contribution in [3.63, 3.8) is 0 Å². The summed E-state index contributed by atoms with van der Waals surface area (Å²) >= 11 is 0. The van der Waals surface area contributed by atoms with Gasteiger partial charge in [-0.1, -0.05) is 12.1 Å². The first-order valence-corrected chi connectivity index (χ1v) is 6.39. The van der Waals surface area contributed by atoms with Crippen LogP contribution in [-0.4, -0.2) is 41.8 Å². The maximum atomic E-state index is 13.2. The summed E-state index contributed by atoms with van der Waals surface area (Å²) in [7, 11) is 0. The van der Waals surface area contributed by atoms with Crippen LogP contribution in [0.1, 0.15) is 24.9 Å². The summed E-state index contributed by atoms with van der Waals surface area (Å²) < 4.78 is 18.7. The summed E-state index contributed by atoms with van der Waals surface area (Å²) in [6.07, 6.45) is -0.283. The van der Waals surface area contributed by atoms with Gasteiger partial charge in [-0.3, -0.25) is 9.69 Å². The van der Waals surface area contributed by atoms with Crippen LogP contribution in [0.3, 0.4) is 0 Å². The number of ether oxygens (including phenoxy) is 1. The van der Waals surface area contributed by atoms with Gasteiger partial charge in [0.25, 0.3) is 0 Å². The minimum Gasteiger partial charge on any atom is -0.481 e. The molecule has 4 nitrogen and oxygen atoms in total. The third kappa shape index (κ3) is 3.75. The van der Waals surface area contributed by atoms with Crippen molar-refractivity contribution in [2.75, 3.05) is 19.7 Å². The number of hydrogen-bond acceptors (Lipinski definition) is 3. The van der Waals surface area contributed by atoms with Gasteiger partial charge in [-0.05, 0) is 24.6 Å². The van der Waals surface area contributed by atoms with E-state index < -0.39 is 5.97 Å². The highest BCUT2D eigenvalue weighted by atomic mass is 19.1. The molecule has 104 valence electrons. The molecule has 1 aliphatic heterocycles. The minimum atomic E-state index is -0.856. The number of aliphatic carboxylic acids is 1. The molecule has 19 heavy (non-hydrogen) atoms. The second-order valence-corrected chi connectivity index (χ2v) is 4.82. The molecule has 0 amide bonds. The summed E-state index contributed by atoms with van der Waals surface area (Å²) in [4.78, 5) is 12.8. The fourth-order valence-corrected chi connectivity index (χ4v) is 2.39. The van der Waals surface area contributed by atoms with E-state index >= 15 is 0 Å². The molecule has 0 bridgehead atoms. The number of nitrogens with zero attached hydrogens (tertiary/aromatic N) is 1. The zero-order chi connectivity index (χ0) is 13.8. The van der Waals surface area contributed by atoms with E-state index in [1.807, 2.05) is 13.0 Å². The average molecular weight is 267 g/mol. The third-order valence-electron chi connectivity index (χ3n) is 3.45. The Bertz CT molecular complexity index is 452. The summed E-state index contributed by atoms with van der Waals surface area (Å²) in [6, 6.07) is 6.57. The maximum Gasteiger partial charge on any atom is 0.306 e. The first kappa shape index (κ1) is 14.0. The molecule has 0 saturated carbocycles. The van der Waals surface area contributed by atoms with Crippen molar-refractivity contribution >= 4 is 5.97 Å². The number of benzene rings is 1. The predicted molar refractivity (Wildman–Crippen MR) is 68.4 cm³/mol. The number of hydrogen-bond donors (Lipinski definition) is 1. The molecular formula is C14H18FNO3. The number of carbonyl (C=O) groups is 1. The molecule has 1 aliphatic rings. The van der Waals surface area contributed by atoms with Crippen LogP contribution in [0, 0.1) is 5.82 Å². The molecule has 1 fully saturated rings. The van der Waals surface area contributed by atoms with Gasteiger partial charge in [-0.25, -0.2) is 4.39 Å². The van der Waals surface area contributed by atoms with E-state index in [2.05, 4.69) is 4.90 Å². The van der Waals surface area contributed by atoms with Crippen molar-refractivity contribution in [3.05, 3.63) is 35.6 Å². The van der Waals surface area contributed by atoms with E-state index in [0.717, 1.165) is 12.1 Å². The number of halogens is 1. The lowest BCUT2D eigenvalue weighted by molar-refractivity contribution is -0.142. The van der Waals surface area contributed by atoms with Crippen LogP contribution >= 0.6 is 0 Å². The molecule has 2 rings (SSSR count). The molecule has 2 atom stereocenters. The molecule has 1 saturated heterocycles. The Morgan fingerprint density at radius 2 is 2.42 bits per heavy atom.